The second-order valence-corrected chi connectivity index (χ2v) is 14.8. The SMILES string of the molecule is C#Cc1c(F)ccc2cc(O)cc(-c3c([N+](=O)[O-])cc4c(N5C[C@H]6CC[C@@H](C5)N6)nc(OCC56C=CCN5CC5(CC(F)(F)C5)C6)nc4c3F)c12. The number of aromatic hydroxyl groups is 1. The lowest BCUT2D eigenvalue weighted by Crippen LogP contribution is -2.51. The molecule has 5 aliphatic rings. The van der Waals surface area contributed by atoms with Crippen molar-refractivity contribution in [2.45, 2.75) is 55.6 Å². The van der Waals surface area contributed by atoms with Crippen molar-refractivity contribution >= 4 is 33.2 Å². The number of aromatic nitrogens is 2. The lowest BCUT2D eigenvalue weighted by Gasteiger charge is -2.45. The average molecular weight is 701 g/mol. The summed E-state index contributed by atoms with van der Waals surface area (Å²) in [5.41, 5.74) is -3.05. The Morgan fingerprint density at radius 1 is 1.12 bits per heavy atom. The maximum absolute atomic E-state index is 17.2. The third-order valence-corrected chi connectivity index (χ3v) is 11.4. The first kappa shape index (κ1) is 31.9. The highest BCUT2D eigenvalue weighted by Crippen LogP contribution is 2.61. The third kappa shape index (κ3) is 5.00. The Morgan fingerprint density at radius 3 is 2.59 bits per heavy atom. The van der Waals surface area contributed by atoms with Gasteiger partial charge in [-0.3, -0.25) is 15.0 Å². The zero-order valence-corrected chi connectivity index (χ0v) is 27.3. The Kier molecular flexibility index (Phi) is 6.89. The molecule has 0 radical (unpaired) electrons. The van der Waals surface area contributed by atoms with Gasteiger partial charge in [0.15, 0.2) is 5.82 Å². The predicted octanol–water partition coefficient (Wildman–Crippen LogP) is 6.07. The highest BCUT2D eigenvalue weighted by Gasteiger charge is 2.64. The van der Waals surface area contributed by atoms with Crippen molar-refractivity contribution < 1.29 is 32.3 Å². The molecule has 14 heteroatoms. The molecule has 51 heavy (non-hydrogen) atoms. The molecule has 10 nitrogen and oxygen atoms in total. The maximum Gasteiger partial charge on any atom is 0.319 e. The van der Waals surface area contributed by atoms with Crippen molar-refractivity contribution in [2.75, 3.05) is 37.7 Å². The summed E-state index contributed by atoms with van der Waals surface area (Å²) in [5.74, 6) is -2.37. The van der Waals surface area contributed by atoms with Gasteiger partial charge in [-0.1, -0.05) is 24.1 Å². The van der Waals surface area contributed by atoms with Gasteiger partial charge in [0.25, 0.3) is 5.69 Å². The zero-order valence-electron chi connectivity index (χ0n) is 27.3. The number of alkyl halides is 2. The Bertz CT molecular complexity index is 2240. The van der Waals surface area contributed by atoms with E-state index in [4.69, 9.17) is 16.1 Å². The smallest absolute Gasteiger partial charge is 0.319 e. The normalized spacial score (nSPS) is 25.7. The molecule has 0 amide bonds. The average Bonchev–Trinajstić information content (AvgIpc) is 3.71. The Balaban J connectivity index is 1.21. The summed E-state index contributed by atoms with van der Waals surface area (Å²) in [6, 6.07) is 6.20. The van der Waals surface area contributed by atoms with Crippen LogP contribution < -0.4 is 15.0 Å². The number of hydrogen-bond donors (Lipinski definition) is 2. The van der Waals surface area contributed by atoms with E-state index in [-0.39, 0.29) is 81.9 Å². The molecule has 2 N–H and O–H groups in total. The van der Waals surface area contributed by atoms with Crippen LogP contribution in [0, 0.1) is 39.5 Å². The molecule has 9 rings (SSSR count). The number of nitro benzene ring substituents is 1. The second-order valence-electron chi connectivity index (χ2n) is 14.8. The number of phenols is 1. The quantitative estimate of drug-likeness (QED) is 0.0813. The number of nitrogens with zero attached hydrogens (tertiary/aromatic N) is 5. The van der Waals surface area contributed by atoms with Crippen LogP contribution in [0.1, 0.15) is 37.7 Å². The largest absolute Gasteiger partial charge is 0.508 e. The van der Waals surface area contributed by atoms with Crippen LogP contribution in [-0.2, 0) is 0 Å². The van der Waals surface area contributed by atoms with Gasteiger partial charge in [-0.05, 0) is 48.3 Å². The van der Waals surface area contributed by atoms with E-state index < -0.39 is 44.7 Å². The second kappa shape index (κ2) is 11.0. The Hall–Kier alpha value is -5.00. The lowest BCUT2D eigenvalue weighted by molar-refractivity contribution is -0.384. The van der Waals surface area contributed by atoms with Crippen molar-refractivity contribution in [2.24, 2.45) is 5.41 Å². The fraction of sp³-hybridized carbons (Fsp3) is 0.405. The van der Waals surface area contributed by atoms with Crippen LogP contribution in [0.3, 0.4) is 0 Å². The van der Waals surface area contributed by atoms with E-state index in [0.29, 0.717) is 32.6 Å². The standard InChI is InChI=1S/C37H32F4N6O4/c1-2-24-27(38)7-4-20-10-23(48)11-25(29(20)24)30-28(47(49)50)12-26-32(31(30)39)43-34(44-33(26)45-13-21-5-6-22(14-45)42-21)51-19-36-8-3-9-46(36)18-35(15-36)16-37(40,41)17-35/h1,3-4,7-8,10-12,21-22,42,48H,5-6,9,13-19H2/t21-,22+,36?. The van der Waals surface area contributed by atoms with E-state index in [1.807, 2.05) is 17.1 Å². The van der Waals surface area contributed by atoms with Crippen molar-refractivity contribution in [1.29, 1.82) is 0 Å². The number of ether oxygens (including phenoxy) is 1. The molecule has 3 aromatic carbocycles. The van der Waals surface area contributed by atoms with Crippen LogP contribution in [0.15, 0.2) is 42.5 Å². The summed E-state index contributed by atoms with van der Waals surface area (Å²) in [4.78, 5) is 25.2. The van der Waals surface area contributed by atoms with Crippen molar-refractivity contribution in [3.05, 3.63) is 69.8 Å². The monoisotopic (exact) mass is 700 g/mol. The van der Waals surface area contributed by atoms with E-state index in [2.05, 4.69) is 21.1 Å². The van der Waals surface area contributed by atoms with Crippen molar-refractivity contribution in [3.63, 3.8) is 0 Å². The third-order valence-electron chi connectivity index (χ3n) is 11.4. The van der Waals surface area contributed by atoms with E-state index in [9.17, 15) is 24.0 Å². The molecule has 4 aliphatic heterocycles. The molecule has 5 heterocycles. The minimum Gasteiger partial charge on any atom is -0.508 e. The van der Waals surface area contributed by atoms with E-state index in [1.165, 1.54) is 18.2 Å². The first-order valence-corrected chi connectivity index (χ1v) is 16.9. The zero-order chi connectivity index (χ0) is 35.4. The summed E-state index contributed by atoms with van der Waals surface area (Å²) in [6.45, 7) is 2.14. The summed E-state index contributed by atoms with van der Waals surface area (Å²) in [5, 5.41) is 27.2. The first-order chi connectivity index (χ1) is 24.4. The van der Waals surface area contributed by atoms with E-state index in [0.717, 1.165) is 25.0 Å². The number of benzene rings is 3. The molecule has 1 aliphatic carbocycles. The van der Waals surface area contributed by atoms with E-state index in [1.54, 1.807) is 0 Å². The first-order valence-electron chi connectivity index (χ1n) is 16.9. The number of anilines is 1. The summed E-state index contributed by atoms with van der Waals surface area (Å²) in [7, 11) is 0. The molecule has 4 fully saturated rings. The number of hydrogen-bond acceptors (Lipinski definition) is 9. The maximum atomic E-state index is 17.2. The molecule has 3 atom stereocenters. The van der Waals surface area contributed by atoms with Gasteiger partial charge in [-0.15, -0.1) is 6.42 Å². The van der Waals surface area contributed by atoms with Gasteiger partial charge in [-0.2, -0.15) is 9.97 Å². The minimum absolute atomic E-state index is 0.0185. The number of nitro groups is 1. The molecular weight excluding hydrogens is 668 g/mol. The van der Waals surface area contributed by atoms with Crippen LogP contribution >= 0.6 is 0 Å². The molecule has 1 saturated carbocycles. The molecular formula is C37H32F4N6O4. The number of phenolic OH excluding ortho intramolecular Hbond substituents is 1. The topological polar surface area (TPSA) is 117 Å². The van der Waals surface area contributed by atoms with Gasteiger partial charge in [0.05, 0.1) is 27.0 Å². The van der Waals surface area contributed by atoms with Crippen LogP contribution in [0.2, 0.25) is 0 Å². The predicted molar refractivity (Wildman–Crippen MR) is 181 cm³/mol. The summed E-state index contributed by atoms with van der Waals surface area (Å²) in [6.07, 6.45) is 11.6. The van der Waals surface area contributed by atoms with Crippen molar-refractivity contribution in [3.8, 4) is 35.2 Å². The number of halogens is 4. The number of piperazine rings is 1. The summed E-state index contributed by atoms with van der Waals surface area (Å²) < 4.78 is 66.6. The molecule has 262 valence electrons. The lowest BCUT2D eigenvalue weighted by atomic mass is 9.63. The number of fused-ring (bicyclic) bond motifs is 5. The molecule has 2 bridgehead atoms. The summed E-state index contributed by atoms with van der Waals surface area (Å²) >= 11 is 0. The fourth-order valence-electron chi connectivity index (χ4n) is 9.47. The molecule has 1 spiro atoms. The number of rotatable bonds is 6. The number of terminal acetylenes is 1. The van der Waals surface area contributed by atoms with Gasteiger partial charge in [-0.25, -0.2) is 17.6 Å². The minimum atomic E-state index is -2.68. The van der Waals surface area contributed by atoms with Crippen LogP contribution in [-0.4, -0.2) is 81.2 Å². The highest BCUT2D eigenvalue weighted by molar-refractivity contribution is 6.06. The Morgan fingerprint density at radius 2 is 1.88 bits per heavy atom. The van der Waals surface area contributed by atoms with Crippen molar-refractivity contribution in [1.82, 2.24) is 20.2 Å². The van der Waals surface area contributed by atoms with Crippen LogP contribution in [0.25, 0.3) is 32.8 Å². The molecule has 1 unspecified atom stereocenters. The molecule has 1 aromatic heterocycles. The molecule has 3 saturated heterocycles. The van der Waals surface area contributed by atoms with Crippen LogP contribution in [0.4, 0.5) is 29.1 Å². The molecule has 4 aromatic rings. The highest BCUT2D eigenvalue weighted by atomic mass is 19.3. The van der Waals surface area contributed by atoms with Gasteiger partial charge in [0.2, 0.25) is 5.92 Å². The van der Waals surface area contributed by atoms with Gasteiger partial charge in [0, 0.05) is 68.1 Å². The van der Waals surface area contributed by atoms with Gasteiger partial charge < -0.3 is 20.1 Å². The van der Waals surface area contributed by atoms with E-state index >= 15 is 8.78 Å². The fourth-order valence-corrected chi connectivity index (χ4v) is 9.47. The van der Waals surface area contributed by atoms with Crippen LogP contribution in [0.5, 0.6) is 11.8 Å². The number of nitrogens with one attached hydrogen (secondary N) is 1. The van der Waals surface area contributed by atoms with Gasteiger partial charge >= 0.3 is 6.01 Å². The Labute approximate surface area is 289 Å². The van der Waals surface area contributed by atoms with Gasteiger partial charge in [0.1, 0.15) is 29.5 Å².